The normalized spacial score (nSPS) is 25.8. The number of nitrogens with zero attached hydrogens (tertiary/aromatic N) is 2. The van der Waals surface area contributed by atoms with E-state index in [2.05, 4.69) is 35.1 Å². The fraction of sp³-hybridized carbons (Fsp3) is 0.786. The zero-order valence-electron chi connectivity index (χ0n) is 11.2. The quantitative estimate of drug-likeness (QED) is 0.813. The van der Waals surface area contributed by atoms with Crippen molar-refractivity contribution in [2.45, 2.75) is 64.0 Å². The molecule has 0 aromatic carbocycles. The molecule has 1 aliphatic rings. The topological polar surface area (TPSA) is 29.9 Å². The number of rotatable bonds is 4. The highest BCUT2D eigenvalue weighted by Gasteiger charge is 2.26. The molecule has 1 saturated carbocycles. The third kappa shape index (κ3) is 2.89. The third-order valence-corrected chi connectivity index (χ3v) is 3.95. The van der Waals surface area contributed by atoms with Gasteiger partial charge in [-0.05, 0) is 32.4 Å². The first-order chi connectivity index (χ1) is 8.36. The van der Waals surface area contributed by atoms with Gasteiger partial charge in [0.05, 0.1) is 0 Å². The highest BCUT2D eigenvalue weighted by atomic mass is 15.3. The molecule has 2 rings (SSSR count). The maximum atomic E-state index is 4.47. The molecule has 1 aliphatic carbocycles. The van der Waals surface area contributed by atoms with E-state index in [0.717, 1.165) is 13.0 Å². The number of likely N-dealkylation sites (N-methyl/N-ethyl adjacent to an activating group) is 1. The average Bonchev–Trinajstić information content (AvgIpc) is 2.66. The second kappa shape index (κ2) is 6.20. The molecule has 1 heterocycles. The molecule has 0 aliphatic heterocycles. The maximum Gasteiger partial charge on any atom is 0.0492 e. The van der Waals surface area contributed by atoms with Crippen LogP contribution in [-0.4, -0.2) is 22.9 Å². The Kier molecular flexibility index (Phi) is 4.60. The number of aryl methyl sites for hydroxylation is 1. The van der Waals surface area contributed by atoms with Gasteiger partial charge in [-0.3, -0.25) is 4.68 Å². The molecule has 17 heavy (non-hydrogen) atoms. The van der Waals surface area contributed by atoms with E-state index in [1.807, 2.05) is 6.20 Å². The standard InChI is InChI=1S/C14H25N3/c1-3-11-17-14(9-10-16-17)12-7-5-4-6-8-13(12)15-2/h9-10,12-13,15H,3-8,11H2,1-2H3. The number of aromatic nitrogens is 2. The van der Waals surface area contributed by atoms with Gasteiger partial charge in [0, 0.05) is 30.4 Å². The largest absolute Gasteiger partial charge is 0.316 e. The smallest absolute Gasteiger partial charge is 0.0492 e. The minimum absolute atomic E-state index is 0.629. The van der Waals surface area contributed by atoms with Crippen LogP contribution in [-0.2, 0) is 6.54 Å². The van der Waals surface area contributed by atoms with Crippen LogP contribution in [0.2, 0.25) is 0 Å². The van der Waals surface area contributed by atoms with E-state index < -0.39 is 0 Å². The molecule has 0 spiro atoms. The molecular weight excluding hydrogens is 210 g/mol. The Morgan fingerprint density at radius 3 is 2.94 bits per heavy atom. The molecule has 1 N–H and O–H groups in total. The third-order valence-electron chi connectivity index (χ3n) is 3.95. The molecule has 0 radical (unpaired) electrons. The molecule has 1 aromatic rings. The molecule has 1 fully saturated rings. The predicted molar refractivity (Wildman–Crippen MR) is 71.2 cm³/mol. The summed E-state index contributed by atoms with van der Waals surface area (Å²) in [6.07, 6.45) is 9.84. The first-order valence-electron chi connectivity index (χ1n) is 7.05. The highest BCUT2D eigenvalue weighted by Crippen LogP contribution is 2.31. The van der Waals surface area contributed by atoms with Crippen LogP contribution in [0.15, 0.2) is 12.3 Å². The Balaban J connectivity index is 2.19. The van der Waals surface area contributed by atoms with Crippen LogP contribution in [0.4, 0.5) is 0 Å². The van der Waals surface area contributed by atoms with Gasteiger partial charge in [-0.15, -0.1) is 0 Å². The molecule has 0 bridgehead atoms. The average molecular weight is 235 g/mol. The fourth-order valence-corrected chi connectivity index (χ4v) is 3.06. The van der Waals surface area contributed by atoms with Gasteiger partial charge >= 0.3 is 0 Å². The van der Waals surface area contributed by atoms with Crippen LogP contribution in [0.1, 0.15) is 57.1 Å². The van der Waals surface area contributed by atoms with Gasteiger partial charge in [0.1, 0.15) is 0 Å². The maximum absolute atomic E-state index is 4.47. The Hall–Kier alpha value is -0.830. The van der Waals surface area contributed by atoms with Crippen LogP contribution in [0, 0.1) is 0 Å². The highest BCUT2D eigenvalue weighted by molar-refractivity contribution is 5.12. The summed E-state index contributed by atoms with van der Waals surface area (Å²) < 4.78 is 2.21. The van der Waals surface area contributed by atoms with E-state index in [1.165, 1.54) is 37.8 Å². The Labute approximate surface area is 105 Å². The van der Waals surface area contributed by atoms with Gasteiger partial charge in [-0.1, -0.05) is 26.2 Å². The summed E-state index contributed by atoms with van der Waals surface area (Å²) in [7, 11) is 2.10. The van der Waals surface area contributed by atoms with Gasteiger partial charge < -0.3 is 5.32 Å². The van der Waals surface area contributed by atoms with Crippen molar-refractivity contribution < 1.29 is 0 Å². The van der Waals surface area contributed by atoms with Crippen molar-refractivity contribution in [2.75, 3.05) is 7.05 Å². The van der Waals surface area contributed by atoms with Crippen LogP contribution in [0.3, 0.4) is 0 Å². The molecule has 2 unspecified atom stereocenters. The summed E-state index contributed by atoms with van der Waals surface area (Å²) in [6, 6.07) is 2.85. The van der Waals surface area contributed by atoms with Crippen molar-refractivity contribution in [1.29, 1.82) is 0 Å². The SMILES string of the molecule is CCCn1nccc1C1CCCCCC1NC. The van der Waals surface area contributed by atoms with Crippen molar-refractivity contribution in [2.24, 2.45) is 0 Å². The molecule has 0 saturated heterocycles. The predicted octanol–water partition coefficient (Wildman–Crippen LogP) is 2.93. The minimum Gasteiger partial charge on any atom is -0.316 e. The molecule has 2 atom stereocenters. The van der Waals surface area contributed by atoms with Crippen LogP contribution in [0.5, 0.6) is 0 Å². The Morgan fingerprint density at radius 1 is 1.35 bits per heavy atom. The number of hydrogen-bond acceptors (Lipinski definition) is 2. The molecule has 96 valence electrons. The van der Waals surface area contributed by atoms with Crippen LogP contribution < -0.4 is 5.32 Å². The molecule has 3 nitrogen and oxygen atoms in total. The summed E-state index contributed by atoms with van der Waals surface area (Å²) in [5.74, 6) is 0.650. The number of hydrogen-bond donors (Lipinski definition) is 1. The first-order valence-corrected chi connectivity index (χ1v) is 7.05. The zero-order chi connectivity index (χ0) is 12.1. The van der Waals surface area contributed by atoms with E-state index in [1.54, 1.807) is 0 Å². The molecule has 1 aromatic heterocycles. The van der Waals surface area contributed by atoms with Crippen molar-refractivity contribution in [3.05, 3.63) is 18.0 Å². The molecule has 0 amide bonds. The van der Waals surface area contributed by atoms with Gasteiger partial charge in [0.2, 0.25) is 0 Å². The Morgan fingerprint density at radius 2 is 2.18 bits per heavy atom. The van der Waals surface area contributed by atoms with E-state index in [-0.39, 0.29) is 0 Å². The monoisotopic (exact) mass is 235 g/mol. The summed E-state index contributed by atoms with van der Waals surface area (Å²) in [5.41, 5.74) is 1.44. The second-order valence-corrected chi connectivity index (χ2v) is 5.12. The van der Waals surface area contributed by atoms with Crippen LogP contribution in [0.25, 0.3) is 0 Å². The summed E-state index contributed by atoms with van der Waals surface area (Å²) in [6.45, 7) is 3.27. The van der Waals surface area contributed by atoms with Crippen LogP contribution >= 0.6 is 0 Å². The van der Waals surface area contributed by atoms with E-state index in [9.17, 15) is 0 Å². The lowest BCUT2D eigenvalue weighted by Crippen LogP contribution is -2.32. The van der Waals surface area contributed by atoms with Crippen molar-refractivity contribution in [1.82, 2.24) is 15.1 Å². The van der Waals surface area contributed by atoms with E-state index in [4.69, 9.17) is 0 Å². The van der Waals surface area contributed by atoms with Crippen molar-refractivity contribution in [3.8, 4) is 0 Å². The number of nitrogens with one attached hydrogen (secondary N) is 1. The second-order valence-electron chi connectivity index (χ2n) is 5.12. The zero-order valence-corrected chi connectivity index (χ0v) is 11.2. The van der Waals surface area contributed by atoms with Gasteiger partial charge in [-0.25, -0.2) is 0 Å². The summed E-state index contributed by atoms with van der Waals surface area (Å²) >= 11 is 0. The molecular formula is C14H25N3. The van der Waals surface area contributed by atoms with Gasteiger partial charge in [0.15, 0.2) is 0 Å². The molecule has 3 heteroatoms. The van der Waals surface area contributed by atoms with E-state index in [0.29, 0.717) is 12.0 Å². The summed E-state index contributed by atoms with van der Waals surface area (Å²) in [5, 5.41) is 7.98. The van der Waals surface area contributed by atoms with Crippen molar-refractivity contribution >= 4 is 0 Å². The lowest BCUT2D eigenvalue weighted by atomic mass is 9.91. The van der Waals surface area contributed by atoms with Gasteiger partial charge in [0.25, 0.3) is 0 Å². The lowest BCUT2D eigenvalue weighted by Gasteiger charge is -2.25. The van der Waals surface area contributed by atoms with Crippen molar-refractivity contribution in [3.63, 3.8) is 0 Å². The van der Waals surface area contributed by atoms with E-state index >= 15 is 0 Å². The fourth-order valence-electron chi connectivity index (χ4n) is 3.06. The van der Waals surface area contributed by atoms with Gasteiger partial charge in [-0.2, -0.15) is 5.10 Å². The summed E-state index contributed by atoms with van der Waals surface area (Å²) in [4.78, 5) is 0. The Bertz CT molecular complexity index is 332. The first kappa shape index (κ1) is 12.6. The minimum atomic E-state index is 0.629. The lowest BCUT2D eigenvalue weighted by molar-refractivity contribution is 0.409.